The predicted molar refractivity (Wildman–Crippen MR) is 71.3 cm³/mol. The summed E-state index contributed by atoms with van der Waals surface area (Å²) < 4.78 is 32.1. The number of benzene rings is 1. The molecule has 1 N–H and O–H groups in total. The summed E-state index contributed by atoms with van der Waals surface area (Å²) in [6.45, 7) is 0.786. The van der Waals surface area contributed by atoms with Crippen LogP contribution in [0.25, 0.3) is 0 Å². The number of hydrogen-bond acceptors (Lipinski definition) is 5. The fourth-order valence-corrected chi connectivity index (χ4v) is 2.46. The van der Waals surface area contributed by atoms with Crippen LogP contribution in [0.2, 0.25) is 0 Å². The SMILES string of the molecule is CN(CC1(O)CCOCC1)c1cc(F)cc(F)c1[N+](=O)[O-]. The first-order valence-electron chi connectivity index (χ1n) is 6.47. The second kappa shape index (κ2) is 5.90. The molecule has 6 nitrogen and oxygen atoms in total. The van der Waals surface area contributed by atoms with Crippen LogP contribution in [0.5, 0.6) is 0 Å². The van der Waals surface area contributed by atoms with Gasteiger partial charge in [0.2, 0.25) is 5.82 Å². The van der Waals surface area contributed by atoms with Gasteiger partial charge >= 0.3 is 5.69 Å². The van der Waals surface area contributed by atoms with Crippen molar-refractivity contribution in [1.82, 2.24) is 0 Å². The molecule has 0 bridgehead atoms. The first kappa shape index (κ1) is 15.6. The number of nitro groups is 1. The van der Waals surface area contributed by atoms with Gasteiger partial charge in [-0.25, -0.2) is 4.39 Å². The minimum Gasteiger partial charge on any atom is -0.388 e. The number of anilines is 1. The van der Waals surface area contributed by atoms with E-state index in [2.05, 4.69) is 0 Å². The van der Waals surface area contributed by atoms with Gasteiger partial charge in [-0.2, -0.15) is 4.39 Å². The highest BCUT2D eigenvalue weighted by Crippen LogP contribution is 2.33. The maximum Gasteiger partial charge on any atom is 0.328 e. The molecule has 0 atom stereocenters. The van der Waals surface area contributed by atoms with Crippen LogP contribution < -0.4 is 4.90 Å². The van der Waals surface area contributed by atoms with Gasteiger partial charge in [-0.05, 0) is 0 Å². The van der Waals surface area contributed by atoms with Crippen molar-refractivity contribution < 1.29 is 23.5 Å². The van der Waals surface area contributed by atoms with Crippen LogP contribution in [0.3, 0.4) is 0 Å². The second-order valence-corrected chi connectivity index (χ2v) is 5.21. The molecule has 0 aliphatic carbocycles. The van der Waals surface area contributed by atoms with Crippen LogP contribution in [0.4, 0.5) is 20.2 Å². The summed E-state index contributed by atoms with van der Waals surface area (Å²) in [6.07, 6.45) is 0.728. The Morgan fingerprint density at radius 3 is 2.62 bits per heavy atom. The average Bonchev–Trinajstić information content (AvgIpc) is 2.37. The Morgan fingerprint density at radius 2 is 2.05 bits per heavy atom. The Balaban J connectivity index is 2.30. The van der Waals surface area contributed by atoms with E-state index in [0.29, 0.717) is 32.1 Å². The van der Waals surface area contributed by atoms with E-state index >= 15 is 0 Å². The quantitative estimate of drug-likeness (QED) is 0.678. The molecule has 1 aliphatic heterocycles. The molecule has 1 fully saturated rings. The molecule has 0 radical (unpaired) electrons. The highest BCUT2D eigenvalue weighted by molar-refractivity contribution is 5.63. The van der Waals surface area contributed by atoms with Gasteiger partial charge in [0.15, 0.2) is 0 Å². The number of nitrogens with zero attached hydrogens (tertiary/aromatic N) is 2. The summed E-state index contributed by atoms with van der Waals surface area (Å²) in [5, 5.41) is 21.4. The number of aliphatic hydroxyl groups is 1. The minimum absolute atomic E-state index is 0.0279. The molecule has 1 heterocycles. The van der Waals surface area contributed by atoms with Gasteiger partial charge in [-0.15, -0.1) is 0 Å². The van der Waals surface area contributed by atoms with Crippen molar-refractivity contribution in [3.63, 3.8) is 0 Å². The third-order valence-corrected chi connectivity index (χ3v) is 3.56. The highest BCUT2D eigenvalue weighted by Gasteiger charge is 2.33. The first-order valence-corrected chi connectivity index (χ1v) is 6.47. The summed E-state index contributed by atoms with van der Waals surface area (Å²) >= 11 is 0. The van der Waals surface area contributed by atoms with Crippen molar-refractivity contribution in [1.29, 1.82) is 0 Å². The van der Waals surface area contributed by atoms with Crippen LogP contribution >= 0.6 is 0 Å². The lowest BCUT2D eigenvalue weighted by atomic mass is 9.93. The van der Waals surface area contributed by atoms with Gasteiger partial charge in [-0.1, -0.05) is 0 Å². The molecule has 0 aromatic heterocycles. The molecule has 0 amide bonds. The molecular weight excluding hydrogens is 286 g/mol. The number of hydrogen-bond donors (Lipinski definition) is 1. The lowest BCUT2D eigenvalue weighted by Crippen LogP contribution is -2.46. The number of halogens is 2. The van der Waals surface area contributed by atoms with Gasteiger partial charge in [0, 0.05) is 51.8 Å². The molecule has 8 heteroatoms. The van der Waals surface area contributed by atoms with Crippen LogP contribution in [0, 0.1) is 21.7 Å². The van der Waals surface area contributed by atoms with Crippen molar-refractivity contribution in [2.24, 2.45) is 0 Å². The molecule has 2 rings (SSSR count). The summed E-state index contributed by atoms with van der Waals surface area (Å²) in [6, 6.07) is 1.36. The third-order valence-electron chi connectivity index (χ3n) is 3.56. The Hall–Kier alpha value is -1.80. The van der Waals surface area contributed by atoms with Crippen LogP contribution in [0.1, 0.15) is 12.8 Å². The number of likely N-dealkylation sites (N-methyl/N-ethyl adjacent to an activating group) is 1. The van der Waals surface area contributed by atoms with Crippen LogP contribution in [-0.4, -0.2) is 42.4 Å². The van der Waals surface area contributed by atoms with E-state index in [1.54, 1.807) is 0 Å². The molecular formula is C13H16F2N2O4. The summed E-state index contributed by atoms with van der Waals surface area (Å²) in [4.78, 5) is 11.4. The van der Waals surface area contributed by atoms with E-state index in [1.165, 1.54) is 11.9 Å². The number of nitro benzene ring substituents is 1. The molecule has 0 spiro atoms. The molecule has 0 unspecified atom stereocenters. The van der Waals surface area contributed by atoms with Crippen molar-refractivity contribution in [2.75, 3.05) is 31.7 Å². The van der Waals surface area contributed by atoms with E-state index in [9.17, 15) is 24.0 Å². The topological polar surface area (TPSA) is 75.8 Å². The van der Waals surface area contributed by atoms with Gasteiger partial charge in [0.25, 0.3) is 0 Å². The number of rotatable bonds is 4. The van der Waals surface area contributed by atoms with Crippen LogP contribution in [-0.2, 0) is 4.74 Å². The summed E-state index contributed by atoms with van der Waals surface area (Å²) in [7, 11) is 1.45. The van der Waals surface area contributed by atoms with E-state index in [-0.39, 0.29) is 12.2 Å². The Bertz CT molecular complexity index is 547. The fourth-order valence-electron chi connectivity index (χ4n) is 2.46. The molecule has 1 aliphatic rings. The van der Waals surface area contributed by atoms with Gasteiger partial charge < -0.3 is 14.7 Å². The van der Waals surface area contributed by atoms with E-state index in [4.69, 9.17) is 4.74 Å². The molecule has 1 aromatic rings. The summed E-state index contributed by atoms with van der Waals surface area (Å²) in [5.74, 6) is -2.14. The Kier molecular flexibility index (Phi) is 4.38. The molecule has 116 valence electrons. The first-order chi connectivity index (χ1) is 9.82. The van der Waals surface area contributed by atoms with Crippen molar-refractivity contribution in [3.8, 4) is 0 Å². The largest absolute Gasteiger partial charge is 0.388 e. The zero-order chi connectivity index (χ0) is 15.6. The number of ether oxygens (including phenoxy) is 1. The smallest absolute Gasteiger partial charge is 0.328 e. The molecule has 0 saturated carbocycles. The monoisotopic (exact) mass is 302 g/mol. The Morgan fingerprint density at radius 1 is 1.43 bits per heavy atom. The van der Waals surface area contributed by atoms with Crippen molar-refractivity contribution >= 4 is 11.4 Å². The van der Waals surface area contributed by atoms with E-state index in [1.807, 2.05) is 0 Å². The predicted octanol–water partition coefficient (Wildman–Crippen LogP) is 1.85. The lowest BCUT2D eigenvalue weighted by molar-refractivity contribution is -0.386. The van der Waals surface area contributed by atoms with E-state index < -0.39 is 27.8 Å². The average molecular weight is 302 g/mol. The second-order valence-electron chi connectivity index (χ2n) is 5.21. The van der Waals surface area contributed by atoms with Crippen molar-refractivity contribution in [2.45, 2.75) is 18.4 Å². The van der Waals surface area contributed by atoms with Gasteiger partial charge in [0.1, 0.15) is 11.5 Å². The summed E-state index contributed by atoms with van der Waals surface area (Å²) in [5.41, 5.74) is -2.09. The van der Waals surface area contributed by atoms with E-state index in [0.717, 1.165) is 6.07 Å². The molecule has 1 saturated heterocycles. The lowest BCUT2D eigenvalue weighted by Gasteiger charge is -2.36. The van der Waals surface area contributed by atoms with Gasteiger partial charge in [-0.3, -0.25) is 10.1 Å². The maximum atomic E-state index is 13.6. The van der Waals surface area contributed by atoms with Gasteiger partial charge in [0.05, 0.1) is 10.5 Å². The van der Waals surface area contributed by atoms with Crippen LogP contribution in [0.15, 0.2) is 12.1 Å². The standard InChI is InChI=1S/C13H16F2N2O4/c1-16(8-13(18)2-4-21-5-3-13)11-7-9(14)6-10(15)12(11)17(19)20/h6-7,18H,2-5,8H2,1H3. The maximum absolute atomic E-state index is 13.6. The fraction of sp³-hybridized carbons (Fsp3) is 0.538. The molecule has 21 heavy (non-hydrogen) atoms. The Labute approximate surface area is 120 Å². The normalized spacial score (nSPS) is 17.5. The highest BCUT2D eigenvalue weighted by atomic mass is 19.1. The zero-order valence-electron chi connectivity index (χ0n) is 11.5. The minimum atomic E-state index is -1.24. The zero-order valence-corrected chi connectivity index (χ0v) is 11.5. The van der Waals surface area contributed by atoms with Crippen molar-refractivity contribution in [3.05, 3.63) is 33.9 Å². The molecule has 1 aromatic carbocycles. The third kappa shape index (κ3) is 3.45.